The largest absolute Gasteiger partial charge is 0.294 e. The second kappa shape index (κ2) is 3.50. The summed E-state index contributed by atoms with van der Waals surface area (Å²) in [6, 6.07) is 1.62. The maximum absolute atomic E-state index is 11.0. The molecule has 0 fully saturated rings. The number of ketones is 1. The zero-order chi connectivity index (χ0) is 9.14. The van der Waals surface area contributed by atoms with Crippen LogP contribution in [0, 0.1) is 0 Å². The zero-order valence-electron chi connectivity index (χ0n) is 6.67. The summed E-state index contributed by atoms with van der Waals surface area (Å²) in [5, 5.41) is 0.383. The van der Waals surface area contributed by atoms with E-state index in [1.807, 2.05) is 0 Å². The minimum Gasteiger partial charge on any atom is -0.294 e. The van der Waals surface area contributed by atoms with Crippen molar-refractivity contribution in [3.63, 3.8) is 0 Å². The third-order valence-corrected chi connectivity index (χ3v) is 1.77. The van der Waals surface area contributed by atoms with Crippen LogP contribution in [0.25, 0.3) is 6.08 Å². The summed E-state index contributed by atoms with van der Waals surface area (Å²) >= 11 is 5.73. The van der Waals surface area contributed by atoms with E-state index in [2.05, 4.69) is 11.6 Å². The topological polar surface area (TPSA) is 30.0 Å². The molecule has 1 aromatic heterocycles. The number of nitrogens with zero attached hydrogens (tertiary/aromatic N) is 1. The fourth-order valence-electron chi connectivity index (χ4n) is 0.836. The van der Waals surface area contributed by atoms with E-state index in [9.17, 15) is 4.79 Å². The van der Waals surface area contributed by atoms with Crippen LogP contribution in [0.3, 0.4) is 0 Å². The SMILES string of the molecule is C=Cc1cc(C(C)=O)c(Cl)cn1. The minimum absolute atomic E-state index is 0.0644. The minimum atomic E-state index is -0.0644. The number of carbonyl (C=O) groups is 1. The molecule has 0 aliphatic heterocycles. The maximum atomic E-state index is 11.0. The normalized spacial score (nSPS) is 9.50. The van der Waals surface area contributed by atoms with Crippen molar-refractivity contribution < 1.29 is 4.79 Å². The molecule has 0 aromatic carbocycles. The van der Waals surface area contributed by atoms with E-state index in [-0.39, 0.29) is 5.78 Å². The van der Waals surface area contributed by atoms with E-state index in [1.54, 1.807) is 12.1 Å². The number of hydrogen-bond donors (Lipinski definition) is 0. The van der Waals surface area contributed by atoms with Crippen molar-refractivity contribution in [2.24, 2.45) is 0 Å². The average Bonchev–Trinajstić information content (AvgIpc) is 2.05. The van der Waals surface area contributed by atoms with Gasteiger partial charge in [0.25, 0.3) is 0 Å². The molecule has 1 rings (SSSR count). The molecule has 0 radical (unpaired) electrons. The number of halogens is 1. The lowest BCUT2D eigenvalue weighted by molar-refractivity contribution is 0.101. The van der Waals surface area contributed by atoms with Crippen LogP contribution >= 0.6 is 11.6 Å². The number of pyridine rings is 1. The summed E-state index contributed by atoms with van der Waals surface area (Å²) in [5.74, 6) is -0.0644. The van der Waals surface area contributed by atoms with Crippen molar-refractivity contribution in [3.05, 3.63) is 35.1 Å². The van der Waals surface area contributed by atoms with Crippen LogP contribution < -0.4 is 0 Å². The molecule has 1 aromatic rings. The van der Waals surface area contributed by atoms with Gasteiger partial charge < -0.3 is 0 Å². The van der Waals surface area contributed by atoms with Gasteiger partial charge in [0.15, 0.2) is 5.78 Å². The third-order valence-electron chi connectivity index (χ3n) is 1.46. The summed E-state index contributed by atoms with van der Waals surface area (Å²) in [6.07, 6.45) is 3.03. The van der Waals surface area contributed by atoms with Crippen molar-refractivity contribution in [2.75, 3.05) is 0 Å². The van der Waals surface area contributed by atoms with E-state index >= 15 is 0 Å². The fraction of sp³-hybridized carbons (Fsp3) is 0.111. The molecule has 0 bridgehead atoms. The molecule has 0 aliphatic rings. The van der Waals surface area contributed by atoms with E-state index in [4.69, 9.17) is 11.6 Å². The number of aromatic nitrogens is 1. The highest BCUT2D eigenvalue weighted by molar-refractivity contribution is 6.33. The molecule has 2 nitrogen and oxygen atoms in total. The van der Waals surface area contributed by atoms with Gasteiger partial charge in [-0.15, -0.1) is 0 Å². The highest BCUT2D eigenvalue weighted by Crippen LogP contribution is 2.16. The van der Waals surface area contributed by atoms with Crippen molar-refractivity contribution in [3.8, 4) is 0 Å². The van der Waals surface area contributed by atoms with Crippen molar-refractivity contribution in [1.82, 2.24) is 4.98 Å². The molecule has 1 heterocycles. The quantitative estimate of drug-likeness (QED) is 0.657. The Bertz CT molecular complexity index is 333. The Kier molecular flexibility index (Phi) is 2.61. The molecule has 0 saturated carbocycles. The molecule has 0 atom stereocenters. The monoisotopic (exact) mass is 181 g/mol. The van der Waals surface area contributed by atoms with Crippen LogP contribution in [-0.2, 0) is 0 Å². The first-order chi connectivity index (χ1) is 5.65. The molecule has 0 N–H and O–H groups in total. The summed E-state index contributed by atoms with van der Waals surface area (Å²) in [4.78, 5) is 14.9. The predicted molar refractivity (Wildman–Crippen MR) is 49.3 cm³/mol. The van der Waals surface area contributed by atoms with Crippen molar-refractivity contribution in [2.45, 2.75) is 6.92 Å². The van der Waals surface area contributed by atoms with Gasteiger partial charge in [-0.3, -0.25) is 9.78 Å². The van der Waals surface area contributed by atoms with Gasteiger partial charge in [0.2, 0.25) is 0 Å². The molecule has 0 saturated heterocycles. The maximum Gasteiger partial charge on any atom is 0.161 e. The molecule has 0 aliphatic carbocycles. The molecule has 3 heteroatoms. The fourth-order valence-corrected chi connectivity index (χ4v) is 1.07. The van der Waals surface area contributed by atoms with Crippen LogP contribution in [0.15, 0.2) is 18.8 Å². The highest BCUT2D eigenvalue weighted by Gasteiger charge is 2.05. The van der Waals surface area contributed by atoms with Crippen LogP contribution in [0.4, 0.5) is 0 Å². The second-order valence-electron chi connectivity index (χ2n) is 2.35. The van der Waals surface area contributed by atoms with Gasteiger partial charge in [-0.25, -0.2) is 0 Å². The van der Waals surface area contributed by atoms with Crippen LogP contribution in [0.2, 0.25) is 5.02 Å². The zero-order valence-corrected chi connectivity index (χ0v) is 7.43. The average molecular weight is 182 g/mol. The van der Waals surface area contributed by atoms with E-state index in [0.717, 1.165) is 0 Å². The van der Waals surface area contributed by atoms with Gasteiger partial charge in [0, 0.05) is 11.8 Å². The molecular formula is C9H8ClNO. The van der Waals surface area contributed by atoms with Gasteiger partial charge >= 0.3 is 0 Å². The number of hydrogen-bond acceptors (Lipinski definition) is 2. The van der Waals surface area contributed by atoms with Crippen molar-refractivity contribution in [1.29, 1.82) is 0 Å². The lowest BCUT2D eigenvalue weighted by Gasteiger charge is -1.99. The molecule has 12 heavy (non-hydrogen) atoms. The Labute approximate surface area is 75.9 Å². The van der Waals surface area contributed by atoms with Crippen LogP contribution in [-0.4, -0.2) is 10.8 Å². The van der Waals surface area contributed by atoms with Gasteiger partial charge in [0.05, 0.1) is 10.7 Å². The molecule has 0 unspecified atom stereocenters. The van der Waals surface area contributed by atoms with Gasteiger partial charge in [-0.05, 0) is 19.1 Å². The lowest BCUT2D eigenvalue weighted by Crippen LogP contribution is -1.95. The van der Waals surface area contributed by atoms with Crippen LogP contribution in [0.1, 0.15) is 23.0 Å². The number of carbonyl (C=O) groups excluding carboxylic acids is 1. The van der Waals surface area contributed by atoms with Crippen LogP contribution in [0.5, 0.6) is 0 Å². The predicted octanol–water partition coefficient (Wildman–Crippen LogP) is 2.58. The number of rotatable bonds is 2. The van der Waals surface area contributed by atoms with Gasteiger partial charge in [0.1, 0.15) is 0 Å². The van der Waals surface area contributed by atoms with Gasteiger partial charge in [-0.2, -0.15) is 0 Å². The third kappa shape index (κ3) is 1.71. The summed E-state index contributed by atoms with van der Waals surface area (Å²) in [5.41, 5.74) is 1.14. The molecular weight excluding hydrogens is 174 g/mol. The van der Waals surface area contributed by atoms with Gasteiger partial charge in [-0.1, -0.05) is 18.2 Å². The standard InChI is InChI=1S/C9H8ClNO/c1-3-7-4-8(6(2)12)9(10)5-11-7/h3-5H,1H2,2H3. The second-order valence-corrected chi connectivity index (χ2v) is 2.76. The van der Waals surface area contributed by atoms with E-state index in [1.165, 1.54) is 13.1 Å². The first-order valence-corrected chi connectivity index (χ1v) is 3.82. The first-order valence-electron chi connectivity index (χ1n) is 3.44. The van der Waals surface area contributed by atoms with E-state index in [0.29, 0.717) is 16.3 Å². The Balaban J connectivity index is 3.25. The highest BCUT2D eigenvalue weighted by atomic mass is 35.5. The summed E-state index contributed by atoms with van der Waals surface area (Å²) in [7, 11) is 0. The molecule has 0 spiro atoms. The smallest absolute Gasteiger partial charge is 0.161 e. The molecule has 62 valence electrons. The molecule has 0 amide bonds. The summed E-state index contributed by atoms with van der Waals surface area (Å²) in [6.45, 7) is 5.01. The van der Waals surface area contributed by atoms with E-state index < -0.39 is 0 Å². The Hall–Kier alpha value is -1.15. The Morgan fingerprint density at radius 1 is 1.75 bits per heavy atom. The van der Waals surface area contributed by atoms with Crippen molar-refractivity contribution >= 4 is 23.5 Å². The summed E-state index contributed by atoms with van der Waals surface area (Å²) < 4.78 is 0. The first kappa shape index (κ1) is 8.94. The lowest BCUT2D eigenvalue weighted by atomic mass is 10.1. The number of Topliss-reactive ketones (excluding diaryl/α,β-unsaturated/α-hetero) is 1. The Morgan fingerprint density at radius 2 is 2.42 bits per heavy atom. The Morgan fingerprint density at radius 3 is 2.92 bits per heavy atom.